The van der Waals surface area contributed by atoms with Gasteiger partial charge in [-0.05, 0) is 49.1 Å². The first-order valence-electron chi connectivity index (χ1n) is 8.49. The average Bonchev–Trinajstić information content (AvgIpc) is 2.97. The molecule has 0 aromatic heterocycles. The topological polar surface area (TPSA) is 49.8 Å². The normalized spacial score (nSPS) is 20.6. The zero-order chi connectivity index (χ0) is 17.8. The summed E-state index contributed by atoms with van der Waals surface area (Å²) in [5.74, 6) is -0.405. The molecule has 2 atom stereocenters. The molecular formula is C20H22FNO3. The van der Waals surface area contributed by atoms with Gasteiger partial charge < -0.3 is 9.84 Å². The lowest BCUT2D eigenvalue weighted by Crippen LogP contribution is -2.31. The van der Waals surface area contributed by atoms with Crippen LogP contribution in [0.25, 0.3) is 0 Å². The molecule has 1 heterocycles. The molecule has 0 bridgehead atoms. The standard InChI is InChI=1S/C20H22FNO3/c1-14-12-16(15-6-8-17(21)9-7-15)13-22(14)10-11-25-19-5-3-2-4-18(19)20(23)24/h2-9,14,16H,10-13H2,1H3,(H,23,24). The molecule has 2 unspecified atom stereocenters. The maximum atomic E-state index is 13.1. The highest BCUT2D eigenvalue weighted by molar-refractivity contribution is 5.90. The Bertz CT molecular complexity index is 732. The number of para-hydroxylation sites is 1. The predicted molar refractivity (Wildman–Crippen MR) is 93.7 cm³/mol. The van der Waals surface area contributed by atoms with Crippen LogP contribution >= 0.6 is 0 Å². The Labute approximate surface area is 146 Å². The van der Waals surface area contributed by atoms with Crippen LogP contribution in [0.5, 0.6) is 5.75 Å². The fourth-order valence-corrected chi connectivity index (χ4v) is 3.43. The van der Waals surface area contributed by atoms with E-state index in [1.54, 1.807) is 24.3 Å². The van der Waals surface area contributed by atoms with Gasteiger partial charge in [0.15, 0.2) is 0 Å². The number of carboxylic acid groups (broad SMARTS) is 1. The highest BCUT2D eigenvalue weighted by Gasteiger charge is 2.29. The van der Waals surface area contributed by atoms with Crippen molar-refractivity contribution in [3.05, 3.63) is 65.5 Å². The van der Waals surface area contributed by atoms with Crippen LogP contribution in [-0.2, 0) is 0 Å². The minimum absolute atomic E-state index is 0.182. The van der Waals surface area contributed by atoms with Crippen molar-refractivity contribution in [1.29, 1.82) is 0 Å². The number of ether oxygens (including phenoxy) is 1. The number of carboxylic acids is 1. The first-order chi connectivity index (χ1) is 12.0. The van der Waals surface area contributed by atoms with Crippen LogP contribution in [0.3, 0.4) is 0 Å². The second-order valence-electron chi connectivity index (χ2n) is 6.48. The maximum absolute atomic E-state index is 13.1. The Morgan fingerprint density at radius 2 is 1.96 bits per heavy atom. The van der Waals surface area contributed by atoms with Crippen molar-refractivity contribution in [2.75, 3.05) is 19.7 Å². The van der Waals surface area contributed by atoms with Gasteiger partial charge in [0.25, 0.3) is 0 Å². The molecule has 1 aliphatic heterocycles. The van der Waals surface area contributed by atoms with E-state index in [0.717, 1.165) is 25.1 Å². The Kier molecular flexibility index (Phi) is 5.34. The summed E-state index contributed by atoms with van der Waals surface area (Å²) in [5, 5.41) is 9.18. The monoisotopic (exact) mass is 343 g/mol. The van der Waals surface area contributed by atoms with E-state index in [9.17, 15) is 14.3 Å². The van der Waals surface area contributed by atoms with E-state index >= 15 is 0 Å². The molecule has 0 amide bonds. The number of hydrogen-bond acceptors (Lipinski definition) is 3. The van der Waals surface area contributed by atoms with Crippen LogP contribution in [-0.4, -0.2) is 41.7 Å². The second kappa shape index (κ2) is 7.66. The Morgan fingerprint density at radius 1 is 1.24 bits per heavy atom. The van der Waals surface area contributed by atoms with Gasteiger partial charge in [-0.15, -0.1) is 0 Å². The number of likely N-dealkylation sites (tertiary alicyclic amines) is 1. The van der Waals surface area contributed by atoms with Crippen LogP contribution in [0.15, 0.2) is 48.5 Å². The molecule has 1 fully saturated rings. The highest BCUT2D eigenvalue weighted by Crippen LogP contribution is 2.31. The van der Waals surface area contributed by atoms with E-state index in [1.165, 1.54) is 12.1 Å². The molecule has 1 saturated heterocycles. The SMILES string of the molecule is CC1CC(c2ccc(F)cc2)CN1CCOc1ccccc1C(=O)O. The third-order valence-corrected chi connectivity index (χ3v) is 4.80. The van der Waals surface area contributed by atoms with E-state index in [0.29, 0.717) is 24.3 Å². The first kappa shape index (κ1) is 17.4. The molecule has 0 saturated carbocycles. The van der Waals surface area contributed by atoms with E-state index in [1.807, 2.05) is 12.1 Å². The van der Waals surface area contributed by atoms with Gasteiger partial charge in [-0.3, -0.25) is 4.90 Å². The molecule has 5 heteroatoms. The van der Waals surface area contributed by atoms with Crippen LogP contribution in [0.1, 0.15) is 35.2 Å². The number of halogens is 1. The van der Waals surface area contributed by atoms with Crippen molar-refractivity contribution >= 4 is 5.97 Å². The summed E-state index contributed by atoms with van der Waals surface area (Å²) < 4.78 is 18.8. The molecule has 0 radical (unpaired) electrons. The molecule has 0 aliphatic carbocycles. The zero-order valence-electron chi connectivity index (χ0n) is 14.2. The number of nitrogens with zero attached hydrogens (tertiary/aromatic N) is 1. The summed E-state index contributed by atoms with van der Waals surface area (Å²) in [7, 11) is 0. The van der Waals surface area contributed by atoms with Gasteiger partial charge in [0.05, 0.1) is 0 Å². The van der Waals surface area contributed by atoms with Gasteiger partial charge in [-0.1, -0.05) is 24.3 Å². The lowest BCUT2D eigenvalue weighted by molar-refractivity contribution is 0.0691. The lowest BCUT2D eigenvalue weighted by Gasteiger charge is -2.21. The van der Waals surface area contributed by atoms with Crippen molar-refractivity contribution in [2.24, 2.45) is 0 Å². The number of rotatable bonds is 6. The minimum atomic E-state index is -0.985. The summed E-state index contributed by atoms with van der Waals surface area (Å²) in [6, 6.07) is 13.8. The van der Waals surface area contributed by atoms with Gasteiger partial charge >= 0.3 is 5.97 Å². The van der Waals surface area contributed by atoms with Crippen LogP contribution in [0.2, 0.25) is 0 Å². The van der Waals surface area contributed by atoms with Gasteiger partial charge in [0.2, 0.25) is 0 Å². The number of aromatic carboxylic acids is 1. The summed E-state index contributed by atoms with van der Waals surface area (Å²) in [6.07, 6.45) is 1.03. The number of benzene rings is 2. The van der Waals surface area contributed by atoms with E-state index < -0.39 is 5.97 Å². The second-order valence-corrected chi connectivity index (χ2v) is 6.48. The molecule has 0 spiro atoms. The van der Waals surface area contributed by atoms with Gasteiger partial charge in [0.1, 0.15) is 23.7 Å². The minimum Gasteiger partial charge on any atom is -0.491 e. The molecule has 3 rings (SSSR count). The van der Waals surface area contributed by atoms with Crippen LogP contribution in [0.4, 0.5) is 4.39 Å². The van der Waals surface area contributed by atoms with Crippen LogP contribution in [0, 0.1) is 5.82 Å². The Balaban J connectivity index is 1.55. The third-order valence-electron chi connectivity index (χ3n) is 4.80. The molecule has 25 heavy (non-hydrogen) atoms. The average molecular weight is 343 g/mol. The van der Waals surface area contributed by atoms with Gasteiger partial charge in [-0.2, -0.15) is 0 Å². The molecule has 132 valence electrons. The van der Waals surface area contributed by atoms with E-state index in [-0.39, 0.29) is 11.4 Å². The highest BCUT2D eigenvalue weighted by atomic mass is 19.1. The molecule has 2 aromatic rings. The Morgan fingerprint density at radius 3 is 2.68 bits per heavy atom. The Hall–Kier alpha value is -2.40. The van der Waals surface area contributed by atoms with Crippen molar-refractivity contribution in [1.82, 2.24) is 4.90 Å². The third kappa shape index (κ3) is 4.17. The fourth-order valence-electron chi connectivity index (χ4n) is 3.43. The lowest BCUT2D eigenvalue weighted by atomic mass is 9.97. The van der Waals surface area contributed by atoms with Crippen molar-refractivity contribution in [2.45, 2.75) is 25.3 Å². The summed E-state index contributed by atoms with van der Waals surface area (Å²) in [5.41, 5.74) is 1.34. The fraction of sp³-hybridized carbons (Fsp3) is 0.350. The largest absolute Gasteiger partial charge is 0.491 e. The van der Waals surface area contributed by atoms with E-state index in [2.05, 4.69) is 11.8 Å². The predicted octanol–water partition coefficient (Wildman–Crippen LogP) is 3.78. The molecule has 2 aromatic carbocycles. The van der Waals surface area contributed by atoms with Gasteiger partial charge in [0, 0.05) is 19.1 Å². The number of carbonyl (C=O) groups is 1. The molecule has 1 aliphatic rings. The summed E-state index contributed by atoms with van der Waals surface area (Å²) in [6.45, 7) is 4.24. The van der Waals surface area contributed by atoms with E-state index in [4.69, 9.17) is 4.74 Å². The van der Waals surface area contributed by atoms with Crippen molar-refractivity contribution in [3.8, 4) is 5.75 Å². The van der Waals surface area contributed by atoms with Crippen molar-refractivity contribution in [3.63, 3.8) is 0 Å². The smallest absolute Gasteiger partial charge is 0.339 e. The first-order valence-corrected chi connectivity index (χ1v) is 8.49. The quantitative estimate of drug-likeness (QED) is 0.867. The zero-order valence-corrected chi connectivity index (χ0v) is 14.2. The van der Waals surface area contributed by atoms with Crippen molar-refractivity contribution < 1.29 is 19.0 Å². The number of hydrogen-bond donors (Lipinski definition) is 1. The molecule has 1 N–H and O–H groups in total. The summed E-state index contributed by atoms with van der Waals surface area (Å²) in [4.78, 5) is 13.5. The maximum Gasteiger partial charge on any atom is 0.339 e. The molecule has 4 nitrogen and oxygen atoms in total. The van der Waals surface area contributed by atoms with Gasteiger partial charge in [-0.25, -0.2) is 9.18 Å². The molecular weight excluding hydrogens is 321 g/mol. The van der Waals surface area contributed by atoms with Crippen LogP contribution < -0.4 is 4.74 Å². The summed E-state index contributed by atoms with van der Waals surface area (Å²) >= 11 is 0.